The van der Waals surface area contributed by atoms with Gasteiger partial charge in [0.2, 0.25) is 0 Å². The molecule has 238 valence electrons. The van der Waals surface area contributed by atoms with E-state index in [9.17, 15) is 0 Å². The highest BCUT2D eigenvalue weighted by molar-refractivity contribution is 6.16. The summed E-state index contributed by atoms with van der Waals surface area (Å²) in [5.74, 6) is 0.656. The molecule has 0 N–H and O–H groups in total. The molecule has 3 heterocycles. The van der Waals surface area contributed by atoms with E-state index in [1.807, 2.05) is 36.4 Å². The van der Waals surface area contributed by atoms with Crippen molar-refractivity contribution in [2.24, 2.45) is 0 Å². The van der Waals surface area contributed by atoms with Gasteiger partial charge in [0.1, 0.15) is 28.0 Å². The Morgan fingerprint density at radius 2 is 1.10 bits per heavy atom. The fourth-order valence-corrected chi connectivity index (χ4v) is 9.13. The number of nitrogens with zero attached hydrogens (tertiary/aromatic N) is 2. The van der Waals surface area contributed by atoms with E-state index in [0.717, 1.165) is 60.8 Å². The molecule has 0 saturated heterocycles. The molecule has 9 aromatic rings. The van der Waals surface area contributed by atoms with Gasteiger partial charge in [-0.1, -0.05) is 135 Å². The van der Waals surface area contributed by atoms with Crippen molar-refractivity contribution in [3.63, 3.8) is 0 Å². The smallest absolute Gasteiger partial charge is 0.180 e. The van der Waals surface area contributed by atoms with Crippen molar-refractivity contribution in [2.75, 3.05) is 0 Å². The van der Waals surface area contributed by atoms with Crippen LogP contribution in [0.2, 0.25) is 0 Å². The van der Waals surface area contributed by atoms with Gasteiger partial charge in [0.05, 0.1) is 0 Å². The van der Waals surface area contributed by atoms with Crippen LogP contribution in [-0.4, -0.2) is 9.97 Å². The molecule has 1 saturated carbocycles. The minimum absolute atomic E-state index is 0.0938. The van der Waals surface area contributed by atoms with Crippen LogP contribution < -0.4 is 0 Å². The lowest BCUT2D eigenvalue weighted by Gasteiger charge is -2.36. The Labute approximate surface area is 289 Å². The highest BCUT2D eigenvalue weighted by atomic mass is 16.3. The van der Waals surface area contributed by atoms with Crippen LogP contribution in [0.5, 0.6) is 0 Å². The zero-order valence-corrected chi connectivity index (χ0v) is 27.4. The topological polar surface area (TPSA) is 52.1 Å². The van der Waals surface area contributed by atoms with Crippen molar-refractivity contribution in [1.29, 1.82) is 0 Å². The summed E-state index contributed by atoms with van der Waals surface area (Å²) in [6, 6.07) is 47.2. The summed E-state index contributed by atoms with van der Waals surface area (Å²) in [6.45, 7) is 0. The SMILES string of the molecule is c1ccc(-c2nc(-c3cccc4c3oc3c(-c5cccc6c5-c5ccccc5C65CCCCC5)cccc34)c3oc4ccccc4c3n2)cc1. The zero-order chi connectivity index (χ0) is 32.8. The van der Waals surface area contributed by atoms with Crippen molar-refractivity contribution < 1.29 is 8.83 Å². The lowest BCUT2D eigenvalue weighted by molar-refractivity contribution is 0.353. The third-order valence-corrected chi connectivity index (χ3v) is 11.3. The van der Waals surface area contributed by atoms with E-state index < -0.39 is 0 Å². The minimum Gasteiger partial charge on any atom is -0.455 e. The summed E-state index contributed by atoms with van der Waals surface area (Å²) in [7, 11) is 0. The Balaban J connectivity index is 1.17. The van der Waals surface area contributed by atoms with Gasteiger partial charge < -0.3 is 8.83 Å². The van der Waals surface area contributed by atoms with Gasteiger partial charge in [0, 0.05) is 38.3 Å². The van der Waals surface area contributed by atoms with Crippen LogP contribution >= 0.6 is 0 Å². The molecule has 0 radical (unpaired) electrons. The van der Waals surface area contributed by atoms with Crippen LogP contribution in [0.1, 0.15) is 43.2 Å². The zero-order valence-electron chi connectivity index (χ0n) is 27.4. The molecule has 3 aromatic heterocycles. The van der Waals surface area contributed by atoms with Crippen LogP contribution in [-0.2, 0) is 5.41 Å². The predicted octanol–water partition coefficient (Wildman–Crippen LogP) is 12.5. The highest BCUT2D eigenvalue weighted by Gasteiger charge is 2.44. The number of rotatable bonds is 3. The Bertz CT molecular complexity index is 2800. The van der Waals surface area contributed by atoms with Gasteiger partial charge in [-0.15, -0.1) is 0 Å². The van der Waals surface area contributed by atoms with E-state index in [2.05, 4.69) is 97.1 Å². The largest absolute Gasteiger partial charge is 0.455 e. The Kier molecular flexibility index (Phi) is 5.86. The Morgan fingerprint density at radius 3 is 1.96 bits per heavy atom. The average molecular weight is 645 g/mol. The molecular formula is C46H32N2O2. The summed E-state index contributed by atoms with van der Waals surface area (Å²) >= 11 is 0. The van der Waals surface area contributed by atoms with Gasteiger partial charge in [0.25, 0.3) is 0 Å². The average Bonchev–Trinajstić information content (AvgIpc) is 3.84. The summed E-state index contributed by atoms with van der Waals surface area (Å²) in [5.41, 5.74) is 14.7. The maximum Gasteiger partial charge on any atom is 0.180 e. The van der Waals surface area contributed by atoms with Crippen molar-refractivity contribution in [2.45, 2.75) is 37.5 Å². The molecule has 0 bridgehead atoms. The van der Waals surface area contributed by atoms with E-state index in [1.54, 1.807) is 0 Å². The first-order valence-corrected chi connectivity index (χ1v) is 17.7. The van der Waals surface area contributed by atoms with Crippen LogP contribution in [0.3, 0.4) is 0 Å². The van der Waals surface area contributed by atoms with E-state index in [0.29, 0.717) is 11.4 Å². The molecule has 6 aromatic carbocycles. The fourth-order valence-electron chi connectivity index (χ4n) is 9.13. The van der Waals surface area contributed by atoms with Crippen molar-refractivity contribution in [1.82, 2.24) is 9.97 Å². The number of hydrogen-bond acceptors (Lipinski definition) is 4. The lowest BCUT2D eigenvalue weighted by Crippen LogP contribution is -2.27. The van der Waals surface area contributed by atoms with Gasteiger partial charge >= 0.3 is 0 Å². The quantitative estimate of drug-likeness (QED) is 0.192. The fraction of sp³-hybridized carbons (Fsp3) is 0.130. The highest BCUT2D eigenvalue weighted by Crippen LogP contribution is 2.58. The molecule has 4 heteroatoms. The molecule has 0 atom stereocenters. The molecule has 4 nitrogen and oxygen atoms in total. The summed E-state index contributed by atoms with van der Waals surface area (Å²) in [6.07, 6.45) is 6.28. The predicted molar refractivity (Wildman–Crippen MR) is 202 cm³/mol. The maximum absolute atomic E-state index is 7.07. The Morgan fingerprint density at radius 1 is 0.460 bits per heavy atom. The first-order chi connectivity index (χ1) is 24.8. The molecule has 1 spiro atoms. The third-order valence-electron chi connectivity index (χ3n) is 11.3. The normalized spacial score (nSPS) is 15.0. The van der Waals surface area contributed by atoms with Crippen LogP contribution in [0.15, 0.2) is 142 Å². The van der Waals surface area contributed by atoms with Crippen LogP contribution in [0, 0.1) is 0 Å². The van der Waals surface area contributed by atoms with Gasteiger partial charge in [-0.25, -0.2) is 9.97 Å². The molecule has 0 unspecified atom stereocenters. The monoisotopic (exact) mass is 644 g/mol. The summed E-state index contributed by atoms with van der Waals surface area (Å²) < 4.78 is 13.6. The van der Waals surface area contributed by atoms with Crippen molar-refractivity contribution >= 4 is 44.0 Å². The first kappa shape index (κ1) is 27.9. The van der Waals surface area contributed by atoms with Crippen molar-refractivity contribution in [3.8, 4) is 44.9 Å². The molecule has 0 aliphatic heterocycles. The van der Waals surface area contributed by atoms with Gasteiger partial charge in [-0.2, -0.15) is 0 Å². The first-order valence-electron chi connectivity index (χ1n) is 17.7. The number of hydrogen-bond donors (Lipinski definition) is 0. The van der Waals surface area contributed by atoms with Crippen molar-refractivity contribution in [3.05, 3.63) is 145 Å². The molecular weight excluding hydrogens is 613 g/mol. The van der Waals surface area contributed by atoms with Gasteiger partial charge in [-0.3, -0.25) is 0 Å². The van der Waals surface area contributed by atoms with E-state index in [-0.39, 0.29) is 5.41 Å². The lowest BCUT2D eigenvalue weighted by atomic mass is 9.68. The number of benzene rings is 6. The molecule has 0 amide bonds. The van der Waals surface area contributed by atoms with E-state index in [1.165, 1.54) is 59.9 Å². The molecule has 50 heavy (non-hydrogen) atoms. The number of para-hydroxylation sites is 3. The minimum atomic E-state index is 0.0938. The third kappa shape index (κ3) is 3.82. The molecule has 2 aliphatic rings. The van der Waals surface area contributed by atoms with E-state index in [4.69, 9.17) is 18.8 Å². The second kappa shape index (κ2) is 10.5. The second-order valence-corrected chi connectivity index (χ2v) is 13.9. The molecule has 11 rings (SSSR count). The standard InChI is InChI=1S/C46H32N2O2/c1-3-14-28(15-4-1)45-47-40-34-17-6-8-25-38(34)49-44(40)41(48-45)35-22-12-21-32-31-20-11-19-30(42(31)50-43(32)35)29-18-13-24-37-39(29)33-16-5-7-23-36(33)46(37)26-9-2-10-27-46/h1,3-8,11-25H,2,9-10,26-27H2. The van der Waals surface area contributed by atoms with Gasteiger partial charge in [0.15, 0.2) is 11.4 Å². The molecule has 2 aliphatic carbocycles. The summed E-state index contributed by atoms with van der Waals surface area (Å²) in [5, 5.41) is 3.12. The van der Waals surface area contributed by atoms with Crippen LogP contribution in [0.25, 0.3) is 88.9 Å². The maximum atomic E-state index is 7.07. The van der Waals surface area contributed by atoms with E-state index >= 15 is 0 Å². The van der Waals surface area contributed by atoms with Crippen LogP contribution in [0.4, 0.5) is 0 Å². The number of furan rings is 2. The summed E-state index contributed by atoms with van der Waals surface area (Å²) in [4.78, 5) is 10.2. The second-order valence-electron chi connectivity index (χ2n) is 13.9. The number of aromatic nitrogens is 2. The Hall–Kier alpha value is -6.00. The molecule has 1 fully saturated rings. The van der Waals surface area contributed by atoms with Gasteiger partial charge in [-0.05, 0) is 58.9 Å². The number of fused-ring (bicyclic) bond motifs is 11.